The fourth-order valence-corrected chi connectivity index (χ4v) is 0.844. The van der Waals surface area contributed by atoms with Gasteiger partial charge >= 0.3 is 0 Å². The zero-order valence-electron chi connectivity index (χ0n) is 6.34. The molecule has 12 heavy (non-hydrogen) atoms. The normalized spacial score (nSPS) is 9.17. The van der Waals surface area contributed by atoms with E-state index >= 15 is 0 Å². The van der Waals surface area contributed by atoms with Gasteiger partial charge in [-0.1, -0.05) is 41.4 Å². The van der Waals surface area contributed by atoms with E-state index in [1.54, 1.807) is 6.08 Å². The Labute approximate surface area is 81.6 Å². The first-order valence-corrected chi connectivity index (χ1v) is 4.23. The zero-order valence-corrected chi connectivity index (χ0v) is 7.85. The Balaban J connectivity index is 2.39. The summed E-state index contributed by atoms with van der Waals surface area (Å²) >= 11 is 10.8. The predicted octanol–water partition coefficient (Wildman–Crippen LogP) is 3.38. The van der Waals surface area contributed by atoms with Crippen molar-refractivity contribution < 1.29 is 4.74 Å². The van der Waals surface area contributed by atoms with Crippen molar-refractivity contribution >= 4 is 23.2 Å². The van der Waals surface area contributed by atoms with Gasteiger partial charge in [-0.05, 0) is 18.2 Å². The van der Waals surface area contributed by atoms with Crippen LogP contribution in [0.5, 0.6) is 5.75 Å². The summed E-state index contributed by atoms with van der Waals surface area (Å²) in [6.07, 6.45) is 1.59. The fourth-order valence-electron chi connectivity index (χ4n) is 0.718. The molecule has 0 spiro atoms. The van der Waals surface area contributed by atoms with Gasteiger partial charge in [0, 0.05) is 0 Å². The molecule has 0 heterocycles. The maximum atomic E-state index is 5.39. The third-order valence-electron chi connectivity index (χ3n) is 1.23. The smallest absolute Gasteiger partial charge is 0.119 e. The van der Waals surface area contributed by atoms with Gasteiger partial charge in [-0.2, -0.15) is 0 Å². The van der Waals surface area contributed by atoms with Crippen LogP contribution in [0, 0.1) is 0 Å². The number of halogens is 2. The van der Waals surface area contributed by atoms with Gasteiger partial charge in [0.25, 0.3) is 0 Å². The summed E-state index contributed by atoms with van der Waals surface area (Å²) < 4.78 is 5.50. The van der Waals surface area contributed by atoms with Crippen LogP contribution in [0.4, 0.5) is 0 Å². The molecule has 0 atom stereocenters. The number of rotatable bonds is 3. The molecule has 1 aromatic rings. The molecule has 0 unspecified atom stereocenters. The van der Waals surface area contributed by atoms with Crippen molar-refractivity contribution in [1.82, 2.24) is 0 Å². The molecule has 0 aromatic heterocycles. The van der Waals surface area contributed by atoms with Gasteiger partial charge < -0.3 is 4.74 Å². The van der Waals surface area contributed by atoms with Crippen LogP contribution in [0.2, 0.25) is 0 Å². The maximum Gasteiger partial charge on any atom is 0.119 e. The van der Waals surface area contributed by atoms with E-state index in [1.165, 1.54) is 0 Å². The summed E-state index contributed by atoms with van der Waals surface area (Å²) in [6.45, 7) is 0.395. The summed E-state index contributed by atoms with van der Waals surface area (Å²) in [4.78, 5) is 0. The first kappa shape index (κ1) is 9.43. The molecule has 0 bridgehead atoms. The van der Waals surface area contributed by atoms with E-state index in [0.717, 1.165) is 5.75 Å². The first-order valence-electron chi connectivity index (χ1n) is 3.48. The highest BCUT2D eigenvalue weighted by molar-refractivity contribution is 6.55. The van der Waals surface area contributed by atoms with Gasteiger partial charge in [0.2, 0.25) is 0 Å². The Morgan fingerprint density at radius 3 is 2.50 bits per heavy atom. The molecular formula is C9H8Cl2O. The topological polar surface area (TPSA) is 9.23 Å². The minimum absolute atomic E-state index is 0.228. The second-order valence-electron chi connectivity index (χ2n) is 2.12. The molecule has 0 aliphatic rings. The molecule has 3 heteroatoms. The van der Waals surface area contributed by atoms with E-state index in [4.69, 9.17) is 27.9 Å². The lowest BCUT2D eigenvalue weighted by atomic mass is 10.3. The summed E-state index contributed by atoms with van der Waals surface area (Å²) in [6, 6.07) is 9.48. The lowest BCUT2D eigenvalue weighted by Crippen LogP contribution is -1.92. The Morgan fingerprint density at radius 2 is 1.92 bits per heavy atom. The fraction of sp³-hybridized carbons (Fsp3) is 0.111. The number of ether oxygens (including phenoxy) is 1. The summed E-state index contributed by atoms with van der Waals surface area (Å²) in [7, 11) is 0. The Kier molecular flexibility index (Phi) is 3.98. The molecule has 0 aliphatic carbocycles. The molecule has 64 valence electrons. The van der Waals surface area contributed by atoms with Crippen molar-refractivity contribution in [3.05, 3.63) is 40.9 Å². The van der Waals surface area contributed by atoms with Crippen LogP contribution in [0.25, 0.3) is 0 Å². The minimum atomic E-state index is 0.228. The average Bonchev–Trinajstić information content (AvgIpc) is 2.05. The minimum Gasteiger partial charge on any atom is -0.489 e. The van der Waals surface area contributed by atoms with Crippen LogP contribution in [-0.2, 0) is 0 Å². The molecule has 0 saturated carbocycles. The zero-order chi connectivity index (χ0) is 8.81. The van der Waals surface area contributed by atoms with Crippen molar-refractivity contribution in [2.24, 2.45) is 0 Å². The van der Waals surface area contributed by atoms with E-state index in [9.17, 15) is 0 Å². The second-order valence-corrected chi connectivity index (χ2v) is 3.13. The molecule has 1 nitrogen and oxygen atoms in total. The van der Waals surface area contributed by atoms with Gasteiger partial charge in [0.05, 0.1) is 0 Å². The number of para-hydroxylation sites is 1. The highest BCUT2D eigenvalue weighted by atomic mass is 35.5. The Hall–Kier alpha value is -0.660. The third kappa shape index (κ3) is 3.65. The molecule has 0 amide bonds. The van der Waals surface area contributed by atoms with Crippen LogP contribution >= 0.6 is 23.2 Å². The molecule has 0 fully saturated rings. The lowest BCUT2D eigenvalue weighted by Gasteiger charge is -2.00. The molecule has 0 radical (unpaired) electrons. The highest BCUT2D eigenvalue weighted by Gasteiger charge is 1.88. The van der Waals surface area contributed by atoms with E-state index in [2.05, 4.69) is 0 Å². The first-order chi connectivity index (χ1) is 5.79. The van der Waals surface area contributed by atoms with E-state index in [1.807, 2.05) is 30.3 Å². The van der Waals surface area contributed by atoms with Crippen molar-refractivity contribution in [2.75, 3.05) is 6.61 Å². The van der Waals surface area contributed by atoms with Crippen LogP contribution in [-0.4, -0.2) is 6.61 Å². The van der Waals surface area contributed by atoms with Crippen LogP contribution < -0.4 is 4.74 Å². The Bertz CT molecular complexity index is 252. The second kappa shape index (κ2) is 5.07. The van der Waals surface area contributed by atoms with Crippen molar-refractivity contribution in [2.45, 2.75) is 0 Å². The quantitative estimate of drug-likeness (QED) is 0.731. The van der Waals surface area contributed by atoms with Gasteiger partial charge in [-0.3, -0.25) is 0 Å². The SMILES string of the molecule is ClC(Cl)=CCOc1ccccc1. The molecule has 1 aromatic carbocycles. The largest absolute Gasteiger partial charge is 0.489 e. The average molecular weight is 203 g/mol. The van der Waals surface area contributed by atoms with Crippen molar-refractivity contribution in [3.63, 3.8) is 0 Å². The molecule has 0 aliphatic heterocycles. The monoisotopic (exact) mass is 202 g/mol. The number of hydrogen-bond acceptors (Lipinski definition) is 1. The summed E-state index contributed by atoms with van der Waals surface area (Å²) in [5.74, 6) is 0.809. The molecular weight excluding hydrogens is 195 g/mol. The molecule has 0 saturated heterocycles. The number of hydrogen-bond donors (Lipinski definition) is 0. The van der Waals surface area contributed by atoms with Gasteiger partial charge in [-0.15, -0.1) is 0 Å². The lowest BCUT2D eigenvalue weighted by molar-refractivity contribution is 0.363. The van der Waals surface area contributed by atoms with Crippen molar-refractivity contribution in [1.29, 1.82) is 0 Å². The Morgan fingerprint density at radius 1 is 1.25 bits per heavy atom. The maximum absolute atomic E-state index is 5.39. The predicted molar refractivity (Wildman–Crippen MR) is 51.7 cm³/mol. The number of benzene rings is 1. The van der Waals surface area contributed by atoms with Crippen LogP contribution in [0.1, 0.15) is 0 Å². The molecule has 1 rings (SSSR count). The molecule has 0 N–H and O–H groups in total. The summed E-state index contributed by atoms with van der Waals surface area (Å²) in [5, 5.41) is 0. The summed E-state index contributed by atoms with van der Waals surface area (Å²) in [5.41, 5.74) is 0. The van der Waals surface area contributed by atoms with Crippen LogP contribution in [0.15, 0.2) is 40.9 Å². The van der Waals surface area contributed by atoms with E-state index < -0.39 is 0 Å². The third-order valence-corrected chi connectivity index (χ3v) is 1.54. The van der Waals surface area contributed by atoms with Gasteiger partial charge in [0.15, 0.2) is 0 Å². The van der Waals surface area contributed by atoms with Gasteiger partial charge in [0.1, 0.15) is 16.8 Å². The van der Waals surface area contributed by atoms with Gasteiger partial charge in [-0.25, -0.2) is 0 Å². The van der Waals surface area contributed by atoms with E-state index in [-0.39, 0.29) is 4.49 Å². The highest BCUT2D eigenvalue weighted by Crippen LogP contribution is 2.10. The van der Waals surface area contributed by atoms with E-state index in [0.29, 0.717) is 6.61 Å². The van der Waals surface area contributed by atoms with Crippen molar-refractivity contribution in [3.8, 4) is 5.75 Å². The standard InChI is InChI=1S/C9H8Cl2O/c10-9(11)6-7-12-8-4-2-1-3-5-8/h1-6H,7H2. The van der Waals surface area contributed by atoms with Crippen LogP contribution in [0.3, 0.4) is 0 Å².